The van der Waals surface area contributed by atoms with Crippen LogP contribution >= 0.6 is 0 Å². The van der Waals surface area contributed by atoms with Crippen LogP contribution in [-0.2, 0) is 11.0 Å². The van der Waals surface area contributed by atoms with Crippen LogP contribution in [0.3, 0.4) is 0 Å². The van der Waals surface area contributed by atoms with Crippen molar-refractivity contribution in [3.05, 3.63) is 53.6 Å². The first kappa shape index (κ1) is 24.9. The summed E-state index contributed by atoms with van der Waals surface area (Å²) in [5, 5.41) is 0. The lowest BCUT2D eigenvalue weighted by Gasteiger charge is -2.20. The number of nitrogens with zero attached hydrogens (tertiary/aromatic N) is 4. The maximum Gasteiger partial charge on any atom is 0.433 e. The number of ether oxygens (including phenoxy) is 1. The van der Waals surface area contributed by atoms with Crippen molar-refractivity contribution in [3.63, 3.8) is 0 Å². The Labute approximate surface area is 193 Å². The monoisotopic (exact) mass is 477 g/mol. The molecule has 0 atom stereocenters. The Morgan fingerprint density at radius 1 is 1.03 bits per heavy atom. The third-order valence-electron chi connectivity index (χ3n) is 4.99. The first-order valence-electron chi connectivity index (χ1n) is 10.4. The molecule has 2 aromatic heterocycles. The van der Waals surface area contributed by atoms with E-state index in [4.69, 9.17) is 10.5 Å². The number of anilines is 1. The fraction of sp³-hybridized carbons (Fsp3) is 0.304. The molecule has 2 N–H and O–H groups in total. The molecule has 0 fully saturated rings. The van der Waals surface area contributed by atoms with E-state index in [-0.39, 0.29) is 40.3 Å². The molecule has 0 radical (unpaired) electrons. The van der Waals surface area contributed by atoms with Gasteiger partial charge in [-0.2, -0.15) is 18.2 Å². The summed E-state index contributed by atoms with van der Waals surface area (Å²) >= 11 is 0. The van der Waals surface area contributed by atoms with E-state index >= 15 is 0 Å². The lowest BCUT2D eigenvalue weighted by Crippen LogP contribution is -2.34. The quantitative estimate of drug-likeness (QED) is 0.504. The molecule has 34 heavy (non-hydrogen) atoms. The van der Waals surface area contributed by atoms with Crippen LogP contribution in [0.5, 0.6) is 5.88 Å². The first-order valence-corrected chi connectivity index (χ1v) is 10.4. The number of halogens is 4. The smallest absolute Gasteiger partial charge is 0.433 e. The van der Waals surface area contributed by atoms with E-state index in [0.717, 1.165) is 6.07 Å². The number of carbonyl (C=O) groups is 1. The molecule has 0 bridgehead atoms. The minimum Gasteiger partial charge on any atom is -0.467 e. The number of pyridine rings is 1. The largest absolute Gasteiger partial charge is 0.467 e. The maximum absolute atomic E-state index is 13.5. The van der Waals surface area contributed by atoms with E-state index in [9.17, 15) is 22.4 Å². The number of hydrogen-bond acceptors (Lipinski definition) is 6. The van der Waals surface area contributed by atoms with Crippen LogP contribution in [-0.4, -0.2) is 45.5 Å². The van der Waals surface area contributed by atoms with Gasteiger partial charge in [0.05, 0.1) is 11.3 Å². The summed E-state index contributed by atoms with van der Waals surface area (Å²) in [6.07, 6.45) is -4.70. The number of aryl methyl sites for hydroxylation is 1. The van der Waals surface area contributed by atoms with Crippen molar-refractivity contribution in [1.29, 1.82) is 0 Å². The average Bonchev–Trinajstić information content (AvgIpc) is 2.77. The highest BCUT2D eigenvalue weighted by Crippen LogP contribution is 2.40. The van der Waals surface area contributed by atoms with Crippen LogP contribution in [0.1, 0.15) is 25.2 Å². The molecule has 0 unspecified atom stereocenters. The van der Waals surface area contributed by atoms with Crippen LogP contribution in [0.4, 0.5) is 23.5 Å². The van der Waals surface area contributed by atoms with Gasteiger partial charge in [-0.3, -0.25) is 4.79 Å². The maximum atomic E-state index is 13.5. The van der Waals surface area contributed by atoms with E-state index in [0.29, 0.717) is 18.7 Å². The number of alkyl halides is 3. The minimum atomic E-state index is -4.70. The molecule has 180 valence electrons. The molecule has 0 aliphatic heterocycles. The average molecular weight is 477 g/mol. The van der Waals surface area contributed by atoms with Crippen LogP contribution in [0.15, 0.2) is 36.4 Å². The number of carbonyl (C=O) groups excluding carboxylic acids is 1. The van der Waals surface area contributed by atoms with Crippen molar-refractivity contribution < 1.29 is 27.1 Å². The lowest BCUT2D eigenvalue weighted by atomic mass is 9.99. The Bertz CT molecular complexity index is 1180. The predicted molar refractivity (Wildman–Crippen MR) is 118 cm³/mol. The predicted octanol–water partition coefficient (Wildman–Crippen LogP) is 4.50. The summed E-state index contributed by atoms with van der Waals surface area (Å²) in [6.45, 7) is 5.53. The van der Waals surface area contributed by atoms with Crippen molar-refractivity contribution >= 4 is 11.9 Å². The second-order valence-electron chi connectivity index (χ2n) is 7.35. The molecule has 3 aromatic rings. The summed E-state index contributed by atoms with van der Waals surface area (Å²) in [6, 6.07) is 7.43. The van der Waals surface area contributed by atoms with Crippen molar-refractivity contribution in [2.45, 2.75) is 26.9 Å². The molecule has 2 heterocycles. The fourth-order valence-electron chi connectivity index (χ4n) is 3.39. The number of benzene rings is 1. The van der Waals surface area contributed by atoms with Gasteiger partial charge in [0.1, 0.15) is 11.5 Å². The van der Waals surface area contributed by atoms with E-state index in [1.165, 1.54) is 42.2 Å². The summed E-state index contributed by atoms with van der Waals surface area (Å²) < 4.78 is 59.6. The zero-order valence-electron chi connectivity index (χ0n) is 18.8. The number of hydrogen-bond donors (Lipinski definition) is 1. The normalized spacial score (nSPS) is 11.4. The summed E-state index contributed by atoms with van der Waals surface area (Å²) in [5.41, 5.74) is 5.46. The molecule has 1 aromatic carbocycles. The Hall–Kier alpha value is -3.76. The second kappa shape index (κ2) is 10.0. The number of nitrogen functional groups attached to an aromatic ring is 1. The molecular weight excluding hydrogens is 454 g/mol. The molecule has 0 aliphatic carbocycles. The van der Waals surface area contributed by atoms with Crippen molar-refractivity contribution in [2.24, 2.45) is 0 Å². The highest BCUT2D eigenvalue weighted by molar-refractivity contribution is 5.85. The summed E-state index contributed by atoms with van der Waals surface area (Å²) in [4.78, 5) is 25.8. The zero-order chi connectivity index (χ0) is 25.0. The standard InChI is InChI=1S/C23H23F4N5O2/c1-4-32(5-2)18(33)12-34-21-19(15-10-13(3)29-17(11-15)23(25,26)27)20(30-22(28)31-21)14-6-8-16(24)9-7-14/h6-11H,4-5,12H2,1-3H3,(H2,28,30,31). The van der Waals surface area contributed by atoms with Gasteiger partial charge in [-0.05, 0) is 62.7 Å². The molecule has 7 nitrogen and oxygen atoms in total. The van der Waals surface area contributed by atoms with Crippen molar-refractivity contribution in [2.75, 3.05) is 25.4 Å². The van der Waals surface area contributed by atoms with Crippen LogP contribution in [0.25, 0.3) is 22.4 Å². The molecule has 0 saturated heterocycles. The van der Waals surface area contributed by atoms with E-state index < -0.39 is 24.3 Å². The van der Waals surface area contributed by atoms with Gasteiger partial charge in [0.15, 0.2) is 6.61 Å². The van der Waals surface area contributed by atoms with Gasteiger partial charge < -0.3 is 15.4 Å². The van der Waals surface area contributed by atoms with Gasteiger partial charge in [-0.15, -0.1) is 0 Å². The van der Waals surface area contributed by atoms with Gasteiger partial charge in [-0.1, -0.05) is 0 Å². The van der Waals surface area contributed by atoms with Crippen LogP contribution < -0.4 is 10.5 Å². The third kappa shape index (κ3) is 5.59. The van der Waals surface area contributed by atoms with Gasteiger partial charge >= 0.3 is 6.18 Å². The van der Waals surface area contributed by atoms with Crippen LogP contribution in [0, 0.1) is 12.7 Å². The van der Waals surface area contributed by atoms with Crippen LogP contribution in [0.2, 0.25) is 0 Å². The van der Waals surface area contributed by atoms with Crippen molar-refractivity contribution in [1.82, 2.24) is 19.9 Å². The minimum absolute atomic E-state index is 0.0597. The van der Waals surface area contributed by atoms with E-state index in [1.54, 1.807) is 13.8 Å². The SMILES string of the molecule is CCN(CC)C(=O)COc1nc(N)nc(-c2ccc(F)cc2)c1-c1cc(C)nc(C(F)(F)F)c1. The zero-order valence-corrected chi connectivity index (χ0v) is 18.8. The van der Waals surface area contributed by atoms with Gasteiger partial charge in [0, 0.05) is 24.3 Å². The Balaban J connectivity index is 2.21. The molecule has 0 spiro atoms. The number of likely N-dealkylation sites (N-methyl/N-ethyl adjacent to an activating group) is 1. The Kier molecular flexibility index (Phi) is 7.33. The summed E-state index contributed by atoms with van der Waals surface area (Å²) in [5.74, 6) is -1.24. The summed E-state index contributed by atoms with van der Waals surface area (Å²) in [7, 11) is 0. The second-order valence-corrected chi connectivity index (χ2v) is 7.35. The molecule has 0 aliphatic rings. The van der Waals surface area contributed by atoms with Crippen molar-refractivity contribution in [3.8, 4) is 28.3 Å². The fourth-order valence-corrected chi connectivity index (χ4v) is 3.39. The Morgan fingerprint density at radius 2 is 1.68 bits per heavy atom. The molecule has 3 rings (SSSR count). The molecule has 11 heteroatoms. The molecular formula is C23H23F4N5O2. The molecule has 1 amide bonds. The number of nitrogens with two attached hydrogens (primary N) is 1. The Morgan fingerprint density at radius 3 is 2.26 bits per heavy atom. The molecule has 0 saturated carbocycles. The highest BCUT2D eigenvalue weighted by Gasteiger charge is 2.34. The third-order valence-corrected chi connectivity index (χ3v) is 4.99. The van der Waals surface area contributed by atoms with Gasteiger partial charge in [-0.25, -0.2) is 14.4 Å². The number of aromatic nitrogens is 3. The topological polar surface area (TPSA) is 94.2 Å². The van der Waals surface area contributed by atoms with Gasteiger partial charge in [0.2, 0.25) is 11.8 Å². The lowest BCUT2D eigenvalue weighted by molar-refractivity contribution is -0.141. The number of amides is 1. The number of rotatable bonds is 7. The first-order chi connectivity index (χ1) is 16.0. The highest BCUT2D eigenvalue weighted by atomic mass is 19.4. The van der Waals surface area contributed by atoms with Gasteiger partial charge in [0.25, 0.3) is 5.91 Å². The van der Waals surface area contributed by atoms with E-state index in [1.807, 2.05) is 0 Å². The van der Waals surface area contributed by atoms with E-state index in [2.05, 4.69) is 15.0 Å².